The van der Waals surface area contributed by atoms with E-state index in [0.29, 0.717) is 17.8 Å². The van der Waals surface area contributed by atoms with Crippen molar-refractivity contribution in [1.29, 1.82) is 0 Å². The summed E-state index contributed by atoms with van der Waals surface area (Å²) in [6, 6.07) is 31.1. The summed E-state index contributed by atoms with van der Waals surface area (Å²) in [7, 11) is 0. The van der Waals surface area contributed by atoms with Crippen LogP contribution in [0, 0.1) is 17.8 Å². The molecule has 1 aliphatic carbocycles. The molecule has 1 aliphatic rings. The second-order valence-electron chi connectivity index (χ2n) is 12.3. The molecule has 0 heteroatoms. The Bertz CT molecular complexity index is 1330. The highest BCUT2D eigenvalue weighted by molar-refractivity contribution is 5.58. The van der Waals surface area contributed by atoms with Crippen LogP contribution < -0.4 is 0 Å². The Hall–Kier alpha value is -3.38. The summed E-state index contributed by atoms with van der Waals surface area (Å²) in [5.74, 6) is 1.60. The highest BCUT2D eigenvalue weighted by Gasteiger charge is 2.29. The van der Waals surface area contributed by atoms with Crippen molar-refractivity contribution in [3.63, 3.8) is 0 Å². The Balaban J connectivity index is 1.61. The molecule has 0 bridgehead atoms. The summed E-state index contributed by atoms with van der Waals surface area (Å²) in [4.78, 5) is 0. The third-order valence-corrected chi connectivity index (χ3v) is 8.95. The molecule has 0 radical (unpaired) electrons. The summed E-state index contributed by atoms with van der Waals surface area (Å²) in [5.41, 5.74) is 12.5. The van der Waals surface area contributed by atoms with E-state index in [2.05, 4.69) is 132 Å². The fraction of sp³-hybridized carbons (Fsp3) is 0.366. The van der Waals surface area contributed by atoms with Gasteiger partial charge in [-0.3, -0.25) is 0 Å². The molecular formula is C41H50. The zero-order chi connectivity index (χ0) is 29.2. The van der Waals surface area contributed by atoms with Crippen LogP contribution in [0.3, 0.4) is 0 Å². The topological polar surface area (TPSA) is 0 Å². The first-order valence-electron chi connectivity index (χ1n) is 15.8. The van der Waals surface area contributed by atoms with Gasteiger partial charge >= 0.3 is 0 Å². The maximum Gasteiger partial charge on any atom is -0.00258 e. The van der Waals surface area contributed by atoms with Gasteiger partial charge in [-0.25, -0.2) is 0 Å². The number of hydrogen-bond donors (Lipinski definition) is 0. The van der Waals surface area contributed by atoms with Crippen molar-refractivity contribution in [2.75, 3.05) is 0 Å². The van der Waals surface area contributed by atoms with Gasteiger partial charge in [0, 0.05) is 0 Å². The van der Waals surface area contributed by atoms with E-state index in [1.165, 1.54) is 51.0 Å². The van der Waals surface area contributed by atoms with Gasteiger partial charge in [-0.15, -0.1) is 0 Å². The van der Waals surface area contributed by atoms with Gasteiger partial charge in [-0.1, -0.05) is 143 Å². The predicted molar refractivity (Wildman–Crippen MR) is 179 cm³/mol. The maximum atomic E-state index is 4.62. The standard InChI is InChI=1S/C41H50/c1-7-15-31(5)39-29-38(25-24-33-16-11-9-12-17-33)32(6)26-40(41(39)30(3)4)37(8-2)28-36-22-20-35(21-23-36)27-34-18-13-10-14-19-34/h9-14,16-23,29,32,37-38H,3,5,7-8,15,24-28H2,1-2,4,6H3/t32?,37-,38?/m0/s1. The first-order chi connectivity index (χ1) is 19.9. The summed E-state index contributed by atoms with van der Waals surface area (Å²) in [6.07, 6.45) is 11.4. The van der Waals surface area contributed by atoms with Crippen LogP contribution in [-0.4, -0.2) is 0 Å². The first kappa shape index (κ1) is 30.6. The normalized spacial score (nSPS) is 18.0. The van der Waals surface area contributed by atoms with E-state index in [0.717, 1.165) is 44.9 Å². The zero-order valence-corrected chi connectivity index (χ0v) is 26.0. The third kappa shape index (κ3) is 8.32. The van der Waals surface area contributed by atoms with Crippen molar-refractivity contribution in [3.05, 3.63) is 154 Å². The monoisotopic (exact) mass is 542 g/mol. The first-order valence-corrected chi connectivity index (χ1v) is 15.8. The fourth-order valence-electron chi connectivity index (χ4n) is 6.61. The highest BCUT2D eigenvalue weighted by Crippen LogP contribution is 2.43. The third-order valence-electron chi connectivity index (χ3n) is 8.95. The lowest BCUT2D eigenvalue weighted by atomic mass is 9.78. The average Bonchev–Trinajstić information content (AvgIpc) is 3.13. The van der Waals surface area contributed by atoms with Gasteiger partial charge in [0.05, 0.1) is 0 Å². The molecule has 0 saturated carbocycles. The number of rotatable bonds is 13. The molecule has 4 rings (SSSR count). The van der Waals surface area contributed by atoms with Crippen LogP contribution in [0.4, 0.5) is 0 Å². The van der Waals surface area contributed by atoms with Crippen LogP contribution in [0.5, 0.6) is 0 Å². The summed E-state index contributed by atoms with van der Waals surface area (Å²) >= 11 is 0. The Morgan fingerprint density at radius 3 is 1.98 bits per heavy atom. The van der Waals surface area contributed by atoms with Crippen molar-refractivity contribution >= 4 is 0 Å². The molecule has 3 aromatic rings. The molecule has 214 valence electrons. The summed E-state index contributed by atoms with van der Waals surface area (Å²) in [6.45, 7) is 18.5. The molecule has 3 aromatic carbocycles. The number of allylic oxidation sites excluding steroid dienone is 6. The Morgan fingerprint density at radius 1 is 0.805 bits per heavy atom. The Kier molecular flexibility index (Phi) is 11.2. The molecular weight excluding hydrogens is 492 g/mol. The van der Waals surface area contributed by atoms with Crippen LogP contribution in [0.2, 0.25) is 0 Å². The zero-order valence-electron chi connectivity index (χ0n) is 26.0. The van der Waals surface area contributed by atoms with Crippen molar-refractivity contribution in [1.82, 2.24) is 0 Å². The van der Waals surface area contributed by atoms with E-state index in [1.54, 1.807) is 5.57 Å². The van der Waals surface area contributed by atoms with Gasteiger partial charge in [0.1, 0.15) is 0 Å². The number of benzene rings is 3. The molecule has 0 aliphatic heterocycles. The Labute approximate surface area is 250 Å². The average molecular weight is 543 g/mol. The van der Waals surface area contributed by atoms with E-state index in [-0.39, 0.29) is 0 Å². The van der Waals surface area contributed by atoms with Crippen LogP contribution >= 0.6 is 0 Å². The van der Waals surface area contributed by atoms with Gasteiger partial charge in [0.2, 0.25) is 0 Å². The molecule has 0 aromatic heterocycles. The van der Waals surface area contributed by atoms with Crippen molar-refractivity contribution in [2.45, 2.75) is 79.1 Å². The van der Waals surface area contributed by atoms with Crippen LogP contribution in [0.1, 0.15) is 82.1 Å². The van der Waals surface area contributed by atoms with Gasteiger partial charge in [-0.05, 0) is 109 Å². The molecule has 0 amide bonds. The van der Waals surface area contributed by atoms with Crippen LogP contribution in [0.15, 0.2) is 132 Å². The van der Waals surface area contributed by atoms with E-state index < -0.39 is 0 Å². The number of aryl methyl sites for hydroxylation is 1. The quantitative estimate of drug-likeness (QED) is 0.201. The van der Waals surface area contributed by atoms with Crippen molar-refractivity contribution < 1.29 is 0 Å². The SMILES string of the molecule is C=C(C)C1=C([C@@H](CC)Cc2ccc(Cc3ccccc3)cc2)CC(C)C(CCc2ccccc2)C=C1C(=C)CCC. The van der Waals surface area contributed by atoms with E-state index in [9.17, 15) is 0 Å². The van der Waals surface area contributed by atoms with Crippen LogP contribution in [-0.2, 0) is 19.3 Å². The predicted octanol–water partition coefficient (Wildman–Crippen LogP) is 11.3. The highest BCUT2D eigenvalue weighted by atomic mass is 14.3. The largest absolute Gasteiger partial charge is 0.0955 e. The maximum absolute atomic E-state index is 4.62. The fourth-order valence-corrected chi connectivity index (χ4v) is 6.61. The lowest BCUT2D eigenvalue weighted by Gasteiger charge is -2.27. The number of hydrogen-bond acceptors (Lipinski definition) is 0. The van der Waals surface area contributed by atoms with E-state index >= 15 is 0 Å². The minimum Gasteiger partial charge on any atom is -0.0955 e. The lowest BCUT2D eigenvalue weighted by Crippen LogP contribution is -2.15. The molecule has 3 atom stereocenters. The second-order valence-corrected chi connectivity index (χ2v) is 12.3. The summed E-state index contributed by atoms with van der Waals surface area (Å²) < 4.78 is 0. The van der Waals surface area contributed by atoms with E-state index in [1.807, 2.05) is 0 Å². The van der Waals surface area contributed by atoms with Crippen molar-refractivity contribution in [3.8, 4) is 0 Å². The molecule has 0 N–H and O–H groups in total. The van der Waals surface area contributed by atoms with Crippen LogP contribution in [0.25, 0.3) is 0 Å². The molecule has 0 saturated heterocycles. The lowest BCUT2D eigenvalue weighted by molar-refractivity contribution is 0.386. The van der Waals surface area contributed by atoms with Gasteiger partial charge in [0.15, 0.2) is 0 Å². The van der Waals surface area contributed by atoms with Crippen molar-refractivity contribution in [2.24, 2.45) is 17.8 Å². The Morgan fingerprint density at radius 2 is 1.39 bits per heavy atom. The minimum atomic E-state index is 0.495. The minimum absolute atomic E-state index is 0.495. The van der Waals surface area contributed by atoms with Gasteiger partial charge in [-0.2, -0.15) is 0 Å². The smallest absolute Gasteiger partial charge is 0.00258 e. The summed E-state index contributed by atoms with van der Waals surface area (Å²) in [5, 5.41) is 0. The molecule has 0 nitrogen and oxygen atoms in total. The molecule has 0 spiro atoms. The molecule has 0 fully saturated rings. The molecule has 0 heterocycles. The molecule has 41 heavy (non-hydrogen) atoms. The van der Waals surface area contributed by atoms with E-state index in [4.69, 9.17) is 0 Å². The second kappa shape index (κ2) is 15.0. The van der Waals surface area contributed by atoms with Gasteiger partial charge in [0.25, 0.3) is 0 Å². The van der Waals surface area contributed by atoms with Gasteiger partial charge < -0.3 is 0 Å². The molecule has 2 unspecified atom stereocenters.